The van der Waals surface area contributed by atoms with Crippen LogP contribution >= 0.6 is 0 Å². The lowest BCUT2D eigenvalue weighted by atomic mass is 10.1. The molecule has 0 bridgehead atoms. The fraction of sp³-hybridized carbons (Fsp3) is 1.00. The van der Waals surface area contributed by atoms with Crippen LogP contribution in [0.2, 0.25) is 0 Å². The molecular weight excluding hydrogens is 160 g/mol. The van der Waals surface area contributed by atoms with E-state index in [0.29, 0.717) is 6.04 Å². The Bertz CT molecular complexity index is 102. The van der Waals surface area contributed by atoms with Gasteiger partial charge in [-0.1, -0.05) is 20.3 Å². The molecule has 0 aliphatic heterocycles. The Morgan fingerprint density at radius 1 is 1.15 bits per heavy atom. The Morgan fingerprint density at radius 2 is 1.85 bits per heavy atom. The lowest BCUT2D eigenvalue weighted by molar-refractivity contribution is 0.280. The van der Waals surface area contributed by atoms with E-state index in [4.69, 9.17) is 5.73 Å². The molecule has 0 aromatic rings. The predicted molar refractivity (Wildman–Crippen MR) is 59.9 cm³/mol. The molecule has 0 aliphatic carbocycles. The molecule has 0 saturated carbocycles. The first kappa shape index (κ1) is 12.9. The second kappa shape index (κ2) is 8.52. The van der Waals surface area contributed by atoms with Gasteiger partial charge in [0.15, 0.2) is 0 Å². The first-order valence-electron chi connectivity index (χ1n) is 5.68. The van der Waals surface area contributed by atoms with Gasteiger partial charge in [0.1, 0.15) is 0 Å². The Hall–Kier alpha value is -0.0800. The summed E-state index contributed by atoms with van der Waals surface area (Å²) in [4.78, 5) is 2.52. The van der Waals surface area contributed by atoms with Crippen LogP contribution in [0.4, 0.5) is 0 Å². The molecule has 0 amide bonds. The summed E-state index contributed by atoms with van der Waals surface area (Å²) in [5.74, 6) is 0. The van der Waals surface area contributed by atoms with Crippen molar-refractivity contribution in [1.29, 1.82) is 0 Å². The minimum atomic E-state index is 0.376. The van der Waals surface area contributed by atoms with Crippen LogP contribution < -0.4 is 5.73 Å². The Labute approximate surface area is 83.5 Å². The molecule has 2 nitrogen and oxygen atoms in total. The molecule has 1 atom stereocenters. The highest BCUT2D eigenvalue weighted by atomic mass is 15.1. The van der Waals surface area contributed by atoms with E-state index in [9.17, 15) is 0 Å². The van der Waals surface area contributed by atoms with Crippen molar-refractivity contribution in [3.8, 4) is 0 Å². The smallest absolute Gasteiger partial charge is 0.00104 e. The largest absolute Gasteiger partial charge is 0.328 e. The van der Waals surface area contributed by atoms with Crippen LogP contribution in [0.15, 0.2) is 0 Å². The molecule has 0 aromatic carbocycles. The standard InChI is InChI=1S/C11H26N2/c1-4-9-13(5-2)10-7-6-8-11(3)12/h11H,4-10,12H2,1-3H3. The van der Waals surface area contributed by atoms with Crippen molar-refractivity contribution in [3.05, 3.63) is 0 Å². The maximum absolute atomic E-state index is 5.69. The van der Waals surface area contributed by atoms with E-state index in [1.54, 1.807) is 0 Å². The molecule has 0 aliphatic rings. The van der Waals surface area contributed by atoms with Gasteiger partial charge in [0.2, 0.25) is 0 Å². The number of hydrogen-bond donors (Lipinski definition) is 1. The minimum Gasteiger partial charge on any atom is -0.328 e. The molecule has 1 unspecified atom stereocenters. The molecule has 0 aromatic heterocycles. The molecule has 0 rings (SSSR count). The number of unbranched alkanes of at least 4 members (excludes halogenated alkanes) is 1. The van der Waals surface area contributed by atoms with Crippen molar-refractivity contribution in [2.45, 2.75) is 52.5 Å². The monoisotopic (exact) mass is 186 g/mol. The van der Waals surface area contributed by atoms with Crippen LogP contribution in [0.3, 0.4) is 0 Å². The van der Waals surface area contributed by atoms with Crippen molar-refractivity contribution in [3.63, 3.8) is 0 Å². The van der Waals surface area contributed by atoms with Crippen LogP contribution in [-0.4, -0.2) is 30.6 Å². The maximum atomic E-state index is 5.69. The molecule has 0 fully saturated rings. The van der Waals surface area contributed by atoms with E-state index < -0.39 is 0 Å². The number of hydrogen-bond acceptors (Lipinski definition) is 2. The van der Waals surface area contributed by atoms with Crippen LogP contribution in [0.1, 0.15) is 46.5 Å². The average molecular weight is 186 g/mol. The Balaban J connectivity index is 3.27. The van der Waals surface area contributed by atoms with Gasteiger partial charge in [0, 0.05) is 6.04 Å². The van der Waals surface area contributed by atoms with Gasteiger partial charge in [-0.2, -0.15) is 0 Å². The van der Waals surface area contributed by atoms with Gasteiger partial charge in [-0.15, -0.1) is 0 Å². The molecule has 2 heteroatoms. The zero-order valence-electron chi connectivity index (χ0n) is 9.55. The summed E-state index contributed by atoms with van der Waals surface area (Å²) < 4.78 is 0. The first-order chi connectivity index (χ1) is 6.20. The highest BCUT2D eigenvalue weighted by Crippen LogP contribution is 2.01. The van der Waals surface area contributed by atoms with E-state index in [0.717, 1.165) is 0 Å². The zero-order valence-corrected chi connectivity index (χ0v) is 9.55. The number of nitrogens with zero attached hydrogens (tertiary/aromatic N) is 1. The second-order valence-electron chi connectivity index (χ2n) is 3.91. The summed E-state index contributed by atoms with van der Waals surface area (Å²) in [6.45, 7) is 10.2. The summed E-state index contributed by atoms with van der Waals surface area (Å²) in [7, 11) is 0. The Kier molecular flexibility index (Phi) is 8.46. The van der Waals surface area contributed by atoms with Gasteiger partial charge < -0.3 is 10.6 Å². The summed E-state index contributed by atoms with van der Waals surface area (Å²) in [6.07, 6.45) is 5.01. The van der Waals surface area contributed by atoms with Crippen molar-refractivity contribution in [2.75, 3.05) is 19.6 Å². The first-order valence-corrected chi connectivity index (χ1v) is 5.68. The van der Waals surface area contributed by atoms with Gasteiger partial charge >= 0.3 is 0 Å². The van der Waals surface area contributed by atoms with Gasteiger partial charge in [-0.05, 0) is 45.8 Å². The number of rotatable bonds is 8. The van der Waals surface area contributed by atoms with Gasteiger partial charge in [0.25, 0.3) is 0 Å². The second-order valence-corrected chi connectivity index (χ2v) is 3.91. The third-order valence-electron chi connectivity index (χ3n) is 2.37. The fourth-order valence-corrected chi connectivity index (χ4v) is 1.55. The molecule has 2 N–H and O–H groups in total. The van der Waals surface area contributed by atoms with Gasteiger partial charge in [-0.3, -0.25) is 0 Å². The van der Waals surface area contributed by atoms with Crippen molar-refractivity contribution in [2.24, 2.45) is 5.73 Å². The summed E-state index contributed by atoms with van der Waals surface area (Å²) >= 11 is 0. The highest BCUT2D eigenvalue weighted by molar-refractivity contribution is 4.57. The van der Waals surface area contributed by atoms with Crippen LogP contribution in [-0.2, 0) is 0 Å². The maximum Gasteiger partial charge on any atom is 0.00104 e. The third-order valence-corrected chi connectivity index (χ3v) is 2.37. The predicted octanol–water partition coefficient (Wildman–Crippen LogP) is 2.24. The molecule has 13 heavy (non-hydrogen) atoms. The third kappa shape index (κ3) is 8.26. The quantitative estimate of drug-likeness (QED) is 0.589. The number of nitrogens with two attached hydrogens (primary N) is 1. The van der Waals surface area contributed by atoms with Crippen LogP contribution in [0, 0.1) is 0 Å². The Morgan fingerprint density at radius 3 is 2.31 bits per heavy atom. The molecule has 0 heterocycles. The lowest BCUT2D eigenvalue weighted by Crippen LogP contribution is -2.25. The van der Waals surface area contributed by atoms with Gasteiger partial charge in [0.05, 0.1) is 0 Å². The molecule has 0 radical (unpaired) electrons. The lowest BCUT2D eigenvalue weighted by Gasteiger charge is -2.19. The summed E-state index contributed by atoms with van der Waals surface area (Å²) in [5, 5.41) is 0. The normalized spacial score (nSPS) is 13.6. The molecular formula is C11H26N2. The van der Waals surface area contributed by atoms with Crippen molar-refractivity contribution in [1.82, 2.24) is 4.90 Å². The van der Waals surface area contributed by atoms with E-state index in [1.165, 1.54) is 45.3 Å². The molecule has 0 spiro atoms. The summed E-state index contributed by atoms with van der Waals surface area (Å²) in [5.41, 5.74) is 5.69. The van der Waals surface area contributed by atoms with E-state index >= 15 is 0 Å². The van der Waals surface area contributed by atoms with Crippen molar-refractivity contribution < 1.29 is 0 Å². The van der Waals surface area contributed by atoms with E-state index in [-0.39, 0.29) is 0 Å². The highest BCUT2D eigenvalue weighted by Gasteiger charge is 2.00. The van der Waals surface area contributed by atoms with E-state index in [1.807, 2.05) is 0 Å². The molecule has 80 valence electrons. The van der Waals surface area contributed by atoms with Crippen LogP contribution in [0.25, 0.3) is 0 Å². The SMILES string of the molecule is CCCN(CC)CCCCC(C)N. The average Bonchev–Trinajstić information content (AvgIpc) is 2.10. The van der Waals surface area contributed by atoms with E-state index in [2.05, 4.69) is 25.7 Å². The van der Waals surface area contributed by atoms with Gasteiger partial charge in [-0.25, -0.2) is 0 Å². The zero-order chi connectivity index (χ0) is 10.1. The topological polar surface area (TPSA) is 29.3 Å². The van der Waals surface area contributed by atoms with Crippen molar-refractivity contribution >= 4 is 0 Å². The minimum absolute atomic E-state index is 0.376. The van der Waals surface area contributed by atoms with Crippen LogP contribution in [0.5, 0.6) is 0 Å². The summed E-state index contributed by atoms with van der Waals surface area (Å²) in [6, 6.07) is 0.376. The molecule has 0 saturated heterocycles. The fourth-order valence-electron chi connectivity index (χ4n) is 1.55.